The van der Waals surface area contributed by atoms with Gasteiger partial charge in [0.05, 0.1) is 23.9 Å². The maximum absolute atomic E-state index is 12.9. The Kier molecular flexibility index (Phi) is 4.91. The summed E-state index contributed by atoms with van der Waals surface area (Å²) in [5, 5.41) is 4.17. The van der Waals surface area contributed by atoms with Crippen LogP contribution in [0.2, 0.25) is 0 Å². The Balaban J connectivity index is 2.28. The minimum atomic E-state index is -3.64. The number of sulfonamides is 1. The van der Waals surface area contributed by atoms with E-state index in [1.54, 1.807) is 32.5 Å². The number of rotatable bonds is 4. The number of aryl methyl sites for hydroxylation is 2. The molecule has 0 aromatic carbocycles. The molecule has 1 atom stereocenters. The van der Waals surface area contributed by atoms with Gasteiger partial charge in [-0.2, -0.15) is 9.40 Å². The summed E-state index contributed by atoms with van der Waals surface area (Å²) in [7, 11) is -1.92. The van der Waals surface area contributed by atoms with Gasteiger partial charge in [-0.3, -0.25) is 9.48 Å². The van der Waals surface area contributed by atoms with Gasteiger partial charge in [-0.05, 0) is 33.6 Å². The van der Waals surface area contributed by atoms with Crippen molar-refractivity contribution in [2.45, 2.75) is 38.5 Å². The molecule has 124 valence electrons. The van der Waals surface area contributed by atoms with E-state index in [0.717, 1.165) is 0 Å². The Hall–Kier alpha value is -1.41. The number of nitrogens with zero attached hydrogens (tertiary/aromatic N) is 3. The molecule has 1 aromatic heterocycles. The number of ether oxygens (including phenoxy) is 1. The highest BCUT2D eigenvalue weighted by Gasteiger charge is 2.36. The Morgan fingerprint density at radius 3 is 2.64 bits per heavy atom. The number of carbonyl (C=O) groups is 1. The zero-order valence-corrected chi connectivity index (χ0v) is 14.3. The number of hydrogen-bond donors (Lipinski definition) is 0. The largest absolute Gasteiger partial charge is 0.466 e. The van der Waals surface area contributed by atoms with Gasteiger partial charge in [0.15, 0.2) is 0 Å². The topological polar surface area (TPSA) is 81.5 Å². The van der Waals surface area contributed by atoms with Crippen LogP contribution < -0.4 is 0 Å². The van der Waals surface area contributed by atoms with Crippen LogP contribution in [0.5, 0.6) is 0 Å². The second-order valence-corrected chi connectivity index (χ2v) is 7.45. The minimum absolute atomic E-state index is 0.176. The maximum Gasteiger partial charge on any atom is 0.310 e. The Morgan fingerprint density at radius 1 is 1.41 bits per heavy atom. The SMILES string of the molecule is CCOC(=O)[C@@H]1CCCN(S(=O)(=O)c2c(C)nn(C)c2C)C1. The van der Waals surface area contributed by atoms with E-state index in [-0.39, 0.29) is 23.3 Å². The quantitative estimate of drug-likeness (QED) is 0.770. The summed E-state index contributed by atoms with van der Waals surface area (Å²) < 4.78 is 33.7. The van der Waals surface area contributed by atoms with Crippen LogP contribution in [0.4, 0.5) is 0 Å². The molecule has 1 saturated heterocycles. The van der Waals surface area contributed by atoms with Crippen molar-refractivity contribution >= 4 is 16.0 Å². The Morgan fingerprint density at radius 2 is 2.09 bits per heavy atom. The van der Waals surface area contributed by atoms with E-state index < -0.39 is 10.0 Å². The highest BCUT2D eigenvalue weighted by molar-refractivity contribution is 7.89. The van der Waals surface area contributed by atoms with Crippen LogP contribution in [0.15, 0.2) is 4.90 Å². The van der Waals surface area contributed by atoms with E-state index >= 15 is 0 Å². The van der Waals surface area contributed by atoms with Crippen molar-refractivity contribution in [3.05, 3.63) is 11.4 Å². The van der Waals surface area contributed by atoms with Crippen LogP contribution in [0.25, 0.3) is 0 Å². The van der Waals surface area contributed by atoms with Crippen molar-refractivity contribution in [2.75, 3.05) is 19.7 Å². The van der Waals surface area contributed by atoms with Crippen molar-refractivity contribution in [3.63, 3.8) is 0 Å². The molecule has 2 rings (SSSR count). The van der Waals surface area contributed by atoms with Crippen LogP contribution in [-0.2, 0) is 26.6 Å². The van der Waals surface area contributed by atoms with E-state index in [9.17, 15) is 13.2 Å². The molecule has 8 heteroatoms. The van der Waals surface area contributed by atoms with E-state index in [4.69, 9.17) is 4.74 Å². The molecule has 7 nitrogen and oxygen atoms in total. The minimum Gasteiger partial charge on any atom is -0.466 e. The van der Waals surface area contributed by atoms with Gasteiger partial charge in [0.2, 0.25) is 10.0 Å². The van der Waals surface area contributed by atoms with Gasteiger partial charge in [0, 0.05) is 20.1 Å². The normalized spacial score (nSPS) is 20.1. The van der Waals surface area contributed by atoms with E-state index in [0.29, 0.717) is 37.4 Å². The molecule has 0 spiro atoms. The zero-order chi connectivity index (χ0) is 16.5. The lowest BCUT2D eigenvalue weighted by atomic mass is 10.0. The van der Waals surface area contributed by atoms with Crippen LogP contribution in [0.1, 0.15) is 31.2 Å². The molecule has 0 bridgehead atoms. The van der Waals surface area contributed by atoms with Gasteiger partial charge in [0.1, 0.15) is 4.90 Å². The molecule has 0 aliphatic carbocycles. The van der Waals surface area contributed by atoms with Crippen LogP contribution >= 0.6 is 0 Å². The van der Waals surface area contributed by atoms with Gasteiger partial charge in [-0.25, -0.2) is 8.42 Å². The monoisotopic (exact) mass is 329 g/mol. The predicted octanol–water partition coefficient (Wildman–Crippen LogP) is 1.00. The molecule has 22 heavy (non-hydrogen) atoms. The first-order chi connectivity index (χ1) is 10.3. The number of carbonyl (C=O) groups excluding carboxylic acids is 1. The fourth-order valence-electron chi connectivity index (χ4n) is 2.87. The van der Waals surface area contributed by atoms with E-state index in [1.807, 2.05) is 0 Å². The van der Waals surface area contributed by atoms with Gasteiger partial charge in [-0.1, -0.05) is 0 Å². The fourth-order valence-corrected chi connectivity index (χ4v) is 4.79. The first-order valence-corrected chi connectivity index (χ1v) is 8.90. The molecular weight excluding hydrogens is 306 g/mol. The Bertz CT molecular complexity index is 666. The molecule has 1 aliphatic rings. The van der Waals surface area contributed by atoms with Crippen LogP contribution in [-0.4, -0.2) is 48.2 Å². The van der Waals surface area contributed by atoms with Crippen molar-refractivity contribution in [1.82, 2.24) is 14.1 Å². The van der Waals surface area contributed by atoms with E-state index in [1.165, 1.54) is 4.31 Å². The lowest BCUT2D eigenvalue weighted by Gasteiger charge is -2.30. The average molecular weight is 329 g/mol. The molecule has 2 heterocycles. The number of aromatic nitrogens is 2. The fraction of sp³-hybridized carbons (Fsp3) is 0.714. The second-order valence-electron chi connectivity index (χ2n) is 5.58. The molecule has 0 N–H and O–H groups in total. The summed E-state index contributed by atoms with van der Waals surface area (Å²) >= 11 is 0. The molecule has 0 amide bonds. The standard InChI is InChI=1S/C14H23N3O4S/c1-5-21-14(18)12-7-6-8-17(9-12)22(19,20)13-10(2)15-16(4)11(13)3/h12H,5-9H2,1-4H3/t12-/m1/s1. The Labute approximate surface area is 131 Å². The summed E-state index contributed by atoms with van der Waals surface area (Å²) in [6.07, 6.45) is 1.32. The summed E-state index contributed by atoms with van der Waals surface area (Å²) in [5.41, 5.74) is 1.09. The molecule has 1 fully saturated rings. The van der Waals surface area contributed by atoms with E-state index in [2.05, 4.69) is 5.10 Å². The van der Waals surface area contributed by atoms with Crippen molar-refractivity contribution in [1.29, 1.82) is 0 Å². The van der Waals surface area contributed by atoms with Gasteiger partial charge >= 0.3 is 5.97 Å². The van der Waals surface area contributed by atoms with Gasteiger partial charge in [-0.15, -0.1) is 0 Å². The third kappa shape index (κ3) is 3.03. The first-order valence-electron chi connectivity index (χ1n) is 7.46. The molecule has 1 aliphatic heterocycles. The lowest BCUT2D eigenvalue weighted by Crippen LogP contribution is -2.43. The maximum atomic E-state index is 12.9. The highest BCUT2D eigenvalue weighted by atomic mass is 32.2. The van der Waals surface area contributed by atoms with Gasteiger partial charge < -0.3 is 4.74 Å². The summed E-state index contributed by atoms with van der Waals surface area (Å²) in [6, 6.07) is 0. The van der Waals surface area contributed by atoms with Gasteiger partial charge in [0.25, 0.3) is 0 Å². The third-order valence-electron chi connectivity index (χ3n) is 4.04. The smallest absolute Gasteiger partial charge is 0.310 e. The summed E-state index contributed by atoms with van der Waals surface area (Å²) in [5.74, 6) is -0.706. The third-order valence-corrected chi connectivity index (χ3v) is 6.16. The molecule has 0 unspecified atom stereocenters. The predicted molar refractivity (Wildman–Crippen MR) is 80.8 cm³/mol. The summed E-state index contributed by atoms with van der Waals surface area (Å²) in [4.78, 5) is 12.1. The molecule has 0 saturated carbocycles. The number of piperidine rings is 1. The van der Waals surface area contributed by atoms with Crippen LogP contribution in [0, 0.1) is 19.8 Å². The van der Waals surface area contributed by atoms with Crippen molar-refractivity contribution in [2.24, 2.45) is 13.0 Å². The lowest BCUT2D eigenvalue weighted by molar-refractivity contribution is -0.149. The van der Waals surface area contributed by atoms with Crippen molar-refractivity contribution in [3.8, 4) is 0 Å². The first kappa shape index (κ1) is 17.0. The summed E-state index contributed by atoms with van der Waals surface area (Å²) in [6.45, 7) is 6.08. The molecular formula is C14H23N3O4S. The zero-order valence-electron chi connectivity index (χ0n) is 13.5. The molecule has 1 aromatic rings. The highest BCUT2D eigenvalue weighted by Crippen LogP contribution is 2.27. The second kappa shape index (κ2) is 6.37. The molecule has 0 radical (unpaired) electrons. The van der Waals surface area contributed by atoms with Crippen molar-refractivity contribution < 1.29 is 17.9 Å². The number of hydrogen-bond acceptors (Lipinski definition) is 5. The number of esters is 1. The average Bonchev–Trinajstić information content (AvgIpc) is 2.73. The van der Waals surface area contributed by atoms with Crippen LogP contribution in [0.3, 0.4) is 0 Å².